The first-order chi connectivity index (χ1) is 12.9. The van der Waals surface area contributed by atoms with Crippen molar-refractivity contribution >= 4 is 23.6 Å². The molecule has 1 fully saturated rings. The largest absolute Gasteiger partial charge is 0.349 e. The van der Waals surface area contributed by atoms with Gasteiger partial charge in [-0.2, -0.15) is 0 Å². The molecule has 3 rings (SSSR count). The van der Waals surface area contributed by atoms with Crippen LogP contribution in [0, 0.1) is 0 Å². The standard InChI is InChI=1S/C19H20N4O4/c1-22-11-12(18(26)23(2)19(22)27)7-10-16(24)21-15-6-4-3-5-14(15)17(25)20-13-8-9-13/h3-7,10-11,13H,8-9H2,1-2H3,(H,20,25)(H,21,24)/b10-7+. The summed E-state index contributed by atoms with van der Waals surface area (Å²) in [6.45, 7) is 0. The van der Waals surface area contributed by atoms with Gasteiger partial charge in [-0.05, 0) is 31.1 Å². The first kappa shape index (κ1) is 18.4. The van der Waals surface area contributed by atoms with Crippen molar-refractivity contribution in [3.63, 3.8) is 0 Å². The van der Waals surface area contributed by atoms with E-state index >= 15 is 0 Å². The molecule has 2 N–H and O–H groups in total. The number of anilines is 1. The predicted octanol–water partition coefficient (Wildman–Crippen LogP) is 0.628. The van der Waals surface area contributed by atoms with Crippen molar-refractivity contribution in [1.82, 2.24) is 14.5 Å². The highest BCUT2D eigenvalue weighted by Crippen LogP contribution is 2.21. The molecule has 1 aromatic carbocycles. The van der Waals surface area contributed by atoms with Crippen LogP contribution in [0.1, 0.15) is 28.8 Å². The topological polar surface area (TPSA) is 102 Å². The van der Waals surface area contributed by atoms with Gasteiger partial charge in [0.1, 0.15) is 0 Å². The molecule has 8 nitrogen and oxygen atoms in total. The summed E-state index contributed by atoms with van der Waals surface area (Å²) < 4.78 is 2.23. The number of rotatable bonds is 5. The van der Waals surface area contributed by atoms with Gasteiger partial charge in [0.15, 0.2) is 0 Å². The molecule has 140 valence electrons. The second kappa shape index (κ2) is 7.45. The summed E-state index contributed by atoms with van der Waals surface area (Å²) in [5.74, 6) is -0.720. The lowest BCUT2D eigenvalue weighted by Crippen LogP contribution is -2.37. The smallest absolute Gasteiger partial charge is 0.330 e. The summed E-state index contributed by atoms with van der Waals surface area (Å²) in [7, 11) is 2.89. The van der Waals surface area contributed by atoms with Crippen LogP contribution in [-0.2, 0) is 18.9 Å². The Kier molecular flexibility index (Phi) is 5.07. The second-order valence-corrected chi connectivity index (χ2v) is 6.46. The van der Waals surface area contributed by atoms with E-state index in [0.717, 1.165) is 17.4 Å². The fourth-order valence-electron chi connectivity index (χ4n) is 2.57. The minimum atomic E-state index is -0.494. The maximum atomic E-state index is 12.3. The zero-order valence-corrected chi connectivity index (χ0v) is 15.1. The average Bonchev–Trinajstić information content (AvgIpc) is 3.46. The predicted molar refractivity (Wildman–Crippen MR) is 102 cm³/mol. The van der Waals surface area contributed by atoms with Crippen molar-refractivity contribution < 1.29 is 9.59 Å². The molecule has 2 amide bonds. The van der Waals surface area contributed by atoms with E-state index in [1.54, 1.807) is 24.3 Å². The second-order valence-electron chi connectivity index (χ2n) is 6.46. The number of hydrogen-bond acceptors (Lipinski definition) is 4. The highest BCUT2D eigenvalue weighted by Gasteiger charge is 2.24. The lowest BCUT2D eigenvalue weighted by molar-refractivity contribution is -0.111. The monoisotopic (exact) mass is 368 g/mol. The highest BCUT2D eigenvalue weighted by atomic mass is 16.2. The number of amides is 2. The van der Waals surface area contributed by atoms with Crippen LogP contribution in [0.25, 0.3) is 6.08 Å². The molecule has 8 heteroatoms. The minimum absolute atomic E-state index is 0.203. The Bertz CT molecular complexity index is 1040. The number of carbonyl (C=O) groups is 2. The zero-order chi connectivity index (χ0) is 19.6. The molecule has 0 unspecified atom stereocenters. The van der Waals surface area contributed by atoms with Crippen LogP contribution >= 0.6 is 0 Å². The molecule has 1 aliphatic carbocycles. The molecule has 1 aromatic heterocycles. The normalized spacial score (nSPS) is 13.6. The Labute approximate surface area is 155 Å². The molecule has 0 aliphatic heterocycles. The fraction of sp³-hybridized carbons (Fsp3) is 0.263. The highest BCUT2D eigenvalue weighted by molar-refractivity contribution is 6.07. The van der Waals surface area contributed by atoms with Crippen LogP contribution in [0.5, 0.6) is 0 Å². The number of aromatic nitrogens is 2. The summed E-state index contributed by atoms with van der Waals surface area (Å²) in [6, 6.07) is 6.93. The Hall–Kier alpha value is -3.42. The van der Waals surface area contributed by atoms with E-state index in [1.165, 1.54) is 37.0 Å². The third-order valence-corrected chi connectivity index (χ3v) is 4.23. The van der Waals surface area contributed by atoms with Gasteiger partial charge >= 0.3 is 5.69 Å². The molecule has 0 saturated heterocycles. The lowest BCUT2D eigenvalue weighted by Gasteiger charge is -2.10. The fourth-order valence-corrected chi connectivity index (χ4v) is 2.57. The molecule has 0 spiro atoms. The van der Waals surface area contributed by atoms with Crippen molar-refractivity contribution in [2.45, 2.75) is 18.9 Å². The molecule has 2 aromatic rings. The zero-order valence-electron chi connectivity index (χ0n) is 15.1. The summed E-state index contributed by atoms with van der Waals surface area (Å²) in [4.78, 5) is 48.3. The van der Waals surface area contributed by atoms with Gasteiger partial charge in [-0.1, -0.05) is 12.1 Å². The molecule has 0 atom stereocenters. The molecule has 1 aliphatic rings. The molecule has 0 bridgehead atoms. The van der Waals surface area contributed by atoms with E-state index in [2.05, 4.69) is 10.6 Å². The number of para-hydroxylation sites is 1. The summed E-state index contributed by atoms with van der Waals surface area (Å²) in [5, 5.41) is 5.53. The third kappa shape index (κ3) is 4.22. The minimum Gasteiger partial charge on any atom is -0.349 e. The van der Waals surface area contributed by atoms with Crippen LogP contribution in [0.15, 0.2) is 46.1 Å². The van der Waals surface area contributed by atoms with Gasteiger partial charge in [-0.25, -0.2) is 4.79 Å². The Balaban J connectivity index is 1.77. The third-order valence-electron chi connectivity index (χ3n) is 4.23. The molecular weight excluding hydrogens is 348 g/mol. The average molecular weight is 368 g/mol. The van der Waals surface area contributed by atoms with Crippen LogP contribution < -0.4 is 21.9 Å². The molecule has 1 saturated carbocycles. The van der Waals surface area contributed by atoms with E-state index < -0.39 is 17.2 Å². The maximum Gasteiger partial charge on any atom is 0.330 e. The molecule has 27 heavy (non-hydrogen) atoms. The van der Waals surface area contributed by atoms with E-state index in [9.17, 15) is 19.2 Å². The van der Waals surface area contributed by atoms with E-state index in [1.807, 2.05) is 0 Å². The van der Waals surface area contributed by atoms with Crippen molar-refractivity contribution in [3.8, 4) is 0 Å². The van der Waals surface area contributed by atoms with Gasteiger partial charge in [0.25, 0.3) is 11.5 Å². The van der Waals surface area contributed by atoms with Crippen molar-refractivity contribution in [2.24, 2.45) is 14.1 Å². The van der Waals surface area contributed by atoms with Crippen molar-refractivity contribution in [3.05, 3.63) is 68.5 Å². The van der Waals surface area contributed by atoms with Gasteiger partial charge in [-0.15, -0.1) is 0 Å². The first-order valence-corrected chi connectivity index (χ1v) is 8.52. The number of nitrogens with one attached hydrogen (secondary N) is 2. The van der Waals surface area contributed by atoms with Crippen LogP contribution in [-0.4, -0.2) is 27.0 Å². The van der Waals surface area contributed by atoms with Crippen LogP contribution in [0.4, 0.5) is 5.69 Å². The summed E-state index contributed by atoms with van der Waals surface area (Å²) in [6.07, 6.45) is 5.83. The van der Waals surface area contributed by atoms with Crippen LogP contribution in [0.2, 0.25) is 0 Å². The Morgan fingerprint density at radius 1 is 1.15 bits per heavy atom. The maximum absolute atomic E-state index is 12.3. The molecule has 1 heterocycles. The number of hydrogen-bond donors (Lipinski definition) is 2. The van der Waals surface area contributed by atoms with Crippen LogP contribution in [0.3, 0.4) is 0 Å². The summed E-state index contributed by atoms with van der Waals surface area (Å²) >= 11 is 0. The van der Waals surface area contributed by atoms with Gasteiger partial charge in [0.05, 0.1) is 16.8 Å². The Morgan fingerprint density at radius 3 is 2.56 bits per heavy atom. The molecule has 0 radical (unpaired) electrons. The van der Waals surface area contributed by atoms with Gasteiger partial charge in [0.2, 0.25) is 5.91 Å². The number of nitrogens with zero attached hydrogens (tertiary/aromatic N) is 2. The van der Waals surface area contributed by atoms with Gasteiger partial charge in [0, 0.05) is 32.4 Å². The first-order valence-electron chi connectivity index (χ1n) is 8.52. The molecular formula is C19H20N4O4. The van der Waals surface area contributed by atoms with Gasteiger partial charge in [-0.3, -0.25) is 19.0 Å². The van der Waals surface area contributed by atoms with Crippen molar-refractivity contribution in [2.75, 3.05) is 5.32 Å². The number of benzene rings is 1. The van der Waals surface area contributed by atoms with Crippen molar-refractivity contribution in [1.29, 1.82) is 0 Å². The van der Waals surface area contributed by atoms with E-state index in [4.69, 9.17) is 0 Å². The van der Waals surface area contributed by atoms with E-state index in [-0.39, 0.29) is 17.5 Å². The van der Waals surface area contributed by atoms with Gasteiger partial charge < -0.3 is 15.2 Å². The number of carbonyl (C=O) groups excluding carboxylic acids is 2. The quantitative estimate of drug-likeness (QED) is 0.756. The number of aryl methyl sites for hydroxylation is 1. The van der Waals surface area contributed by atoms with E-state index in [0.29, 0.717) is 11.3 Å². The SMILES string of the molecule is Cn1cc(/C=C/C(=O)Nc2ccccc2C(=O)NC2CC2)c(=O)n(C)c1=O. The summed E-state index contributed by atoms with van der Waals surface area (Å²) in [5.41, 5.74) is 0.0286. The Morgan fingerprint density at radius 2 is 1.85 bits per heavy atom. The lowest BCUT2D eigenvalue weighted by atomic mass is 10.1.